The van der Waals surface area contributed by atoms with Crippen LogP contribution in [0.25, 0.3) is 0 Å². The van der Waals surface area contributed by atoms with Crippen LogP contribution in [0, 0.1) is 23.7 Å². The molecule has 2 atom stereocenters. The fraction of sp³-hybridized carbons (Fsp3) is 0.889. The minimum atomic E-state index is -1.83. The molecular formula is C18H40O10. The zero-order valence-electron chi connectivity index (χ0n) is 17.9. The van der Waals surface area contributed by atoms with Crippen molar-refractivity contribution in [2.75, 3.05) is 13.2 Å². The van der Waals surface area contributed by atoms with Gasteiger partial charge < -0.3 is 20.4 Å². The molecule has 0 aromatic heterocycles. The Labute approximate surface area is 167 Å². The number of carbonyl (C=O) groups is 2. The highest BCUT2D eigenvalue weighted by Gasteiger charge is 2.04. The van der Waals surface area contributed by atoms with Gasteiger partial charge in [0.15, 0.2) is 0 Å². The summed E-state index contributed by atoms with van der Waals surface area (Å²) in [6.07, 6.45) is 0.663. The van der Waals surface area contributed by atoms with Gasteiger partial charge in [0.25, 0.3) is 0 Å². The molecule has 10 nitrogen and oxygen atoms in total. The fourth-order valence-electron chi connectivity index (χ4n) is 2.35. The van der Waals surface area contributed by atoms with E-state index in [2.05, 4.69) is 51.3 Å². The van der Waals surface area contributed by atoms with Crippen molar-refractivity contribution >= 4 is 12.3 Å². The first-order valence-corrected chi connectivity index (χ1v) is 9.16. The molecule has 0 heterocycles. The second kappa shape index (κ2) is 25.4. The molecule has 0 amide bonds. The first kappa shape index (κ1) is 33.9. The Balaban J connectivity index is -0.000000150. The van der Waals surface area contributed by atoms with E-state index in [0.29, 0.717) is 25.0 Å². The number of hydrogen-bond acceptors (Lipinski definition) is 6. The molecule has 0 aromatic carbocycles. The molecule has 0 spiro atoms. The van der Waals surface area contributed by atoms with Crippen molar-refractivity contribution in [3.8, 4) is 0 Å². The Kier molecular flexibility index (Phi) is 30.8. The number of rotatable bonds is 10. The molecule has 0 bridgehead atoms. The first-order valence-electron chi connectivity index (χ1n) is 9.16. The first-order chi connectivity index (χ1) is 12.8. The standard InChI is InChI=1S/2C8H18O2.2CH2O3/c2*1-7(2)6-8(3)4-5-10-9;2*2-1(3)4/h2*7-9H,4-6H2,1-3H3;2*(H2,2,3,4). The lowest BCUT2D eigenvalue weighted by atomic mass is 9.96. The highest BCUT2D eigenvalue weighted by molar-refractivity contribution is 5.53. The molecule has 0 saturated heterocycles. The summed E-state index contributed by atoms with van der Waals surface area (Å²) in [5.74, 6) is 2.81. The zero-order chi connectivity index (χ0) is 23.1. The second-order valence-corrected chi connectivity index (χ2v) is 7.28. The Morgan fingerprint density at radius 1 is 0.643 bits per heavy atom. The van der Waals surface area contributed by atoms with E-state index in [0.717, 1.165) is 24.7 Å². The van der Waals surface area contributed by atoms with Gasteiger partial charge in [0.2, 0.25) is 0 Å². The third kappa shape index (κ3) is 64.4. The van der Waals surface area contributed by atoms with Crippen molar-refractivity contribution in [2.45, 2.75) is 67.2 Å². The predicted molar refractivity (Wildman–Crippen MR) is 105 cm³/mol. The molecule has 0 radical (unpaired) electrons. The molecule has 2 unspecified atom stereocenters. The van der Waals surface area contributed by atoms with Gasteiger partial charge in [-0.3, -0.25) is 10.5 Å². The lowest BCUT2D eigenvalue weighted by molar-refractivity contribution is -0.244. The van der Waals surface area contributed by atoms with Gasteiger partial charge in [-0.2, -0.15) is 0 Å². The van der Waals surface area contributed by atoms with Crippen LogP contribution in [0.3, 0.4) is 0 Å². The summed E-state index contributed by atoms with van der Waals surface area (Å²) in [6.45, 7) is 14.1. The topological polar surface area (TPSA) is 174 Å². The van der Waals surface area contributed by atoms with Gasteiger partial charge in [0, 0.05) is 0 Å². The van der Waals surface area contributed by atoms with Crippen molar-refractivity contribution in [1.29, 1.82) is 0 Å². The Morgan fingerprint density at radius 2 is 0.857 bits per heavy atom. The van der Waals surface area contributed by atoms with Gasteiger partial charge in [0.1, 0.15) is 0 Å². The highest BCUT2D eigenvalue weighted by Crippen LogP contribution is 2.14. The van der Waals surface area contributed by atoms with Crippen LogP contribution in [-0.2, 0) is 9.78 Å². The Bertz CT molecular complexity index is 294. The van der Waals surface area contributed by atoms with Gasteiger partial charge in [-0.25, -0.2) is 19.4 Å². The van der Waals surface area contributed by atoms with E-state index in [-0.39, 0.29) is 0 Å². The van der Waals surface area contributed by atoms with Gasteiger partial charge in [0.05, 0.1) is 13.2 Å². The van der Waals surface area contributed by atoms with Crippen molar-refractivity contribution in [1.82, 2.24) is 0 Å². The van der Waals surface area contributed by atoms with Crippen molar-refractivity contribution in [3.05, 3.63) is 0 Å². The molecule has 172 valence electrons. The molecule has 0 aromatic rings. The van der Waals surface area contributed by atoms with Crippen molar-refractivity contribution in [2.24, 2.45) is 23.7 Å². The van der Waals surface area contributed by atoms with Gasteiger partial charge in [-0.1, -0.05) is 41.5 Å². The number of hydrogen-bond donors (Lipinski definition) is 6. The third-order valence-corrected chi connectivity index (χ3v) is 3.15. The molecule has 0 aliphatic heterocycles. The summed E-state index contributed by atoms with van der Waals surface area (Å²) in [7, 11) is 0. The predicted octanol–water partition coefficient (Wildman–Crippen LogP) is 5.54. The van der Waals surface area contributed by atoms with Crippen molar-refractivity contribution in [3.63, 3.8) is 0 Å². The largest absolute Gasteiger partial charge is 0.503 e. The molecule has 10 heteroatoms. The molecule has 0 rings (SSSR count). The van der Waals surface area contributed by atoms with E-state index in [4.69, 9.17) is 40.5 Å². The Morgan fingerprint density at radius 3 is 1.00 bits per heavy atom. The van der Waals surface area contributed by atoms with Gasteiger partial charge in [-0.05, 0) is 49.4 Å². The fourth-order valence-corrected chi connectivity index (χ4v) is 2.35. The van der Waals surface area contributed by atoms with E-state index in [1.165, 1.54) is 12.8 Å². The molecule has 28 heavy (non-hydrogen) atoms. The maximum Gasteiger partial charge on any atom is 0.503 e. The second-order valence-electron chi connectivity index (χ2n) is 7.28. The van der Waals surface area contributed by atoms with Crippen molar-refractivity contribution < 1.29 is 50.3 Å². The van der Waals surface area contributed by atoms with E-state index in [1.807, 2.05) is 0 Å². The minimum absolute atomic E-state index is 0.466. The van der Waals surface area contributed by atoms with Crippen LogP contribution in [0.5, 0.6) is 0 Å². The van der Waals surface area contributed by atoms with Crippen LogP contribution >= 0.6 is 0 Å². The third-order valence-electron chi connectivity index (χ3n) is 3.15. The summed E-state index contributed by atoms with van der Waals surface area (Å²) in [5, 5.41) is 44.0. The summed E-state index contributed by atoms with van der Waals surface area (Å²) >= 11 is 0. The van der Waals surface area contributed by atoms with Crippen LogP contribution in [0.4, 0.5) is 9.59 Å². The SMILES string of the molecule is CC(C)CC(C)CCOO.CC(C)CC(C)CCOO.O=C(O)O.O=C(O)O. The van der Waals surface area contributed by atoms with Crippen LogP contribution < -0.4 is 0 Å². The molecule has 0 aliphatic rings. The molecule has 0 fully saturated rings. The van der Waals surface area contributed by atoms with Crippen LogP contribution in [0.1, 0.15) is 67.2 Å². The normalized spacial score (nSPS) is 11.8. The summed E-state index contributed by atoms with van der Waals surface area (Å²) in [5.41, 5.74) is 0. The van der Waals surface area contributed by atoms with Crippen LogP contribution in [0.2, 0.25) is 0 Å². The molecule has 6 N–H and O–H groups in total. The lowest BCUT2D eigenvalue weighted by Gasteiger charge is -2.11. The van der Waals surface area contributed by atoms with E-state index in [9.17, 15) is 0 Å². The minimum Gasteiger partial charge on any atom is -0.450 e. The molecule has 0 saturated carbocycles. The van der Waals surface area contributed by atoms with Gasteiger partial charge in [-0.15, -0.1) is 0 Å². The van der Waals surface area contributed by atoms with E-state index in [1.54, 1.807) is 0 Å². The van der Waals surface area contributed by atoms with E-state index >= 15 is 0 Å². The average Bonchev–Trinajstić information content (AvgIpc) is 2.49. The summed E-state index contributed by atoms with van der Waals surface area (Å²) in [6, 6.07) is 0. The summed E-state index contributed by atoms with van der Waals surface area (Å²) < 4.78 is 0. The van der Waals surface area contributed by atoms with E-state index < -0.39 is 12.3 Å². The maximum absolute atomic E-state index is 8.56. The molecule has 0 aliphatic carbocycles. The Hall–Kier alpha value is -1.62. The lowest BCUT2D eigenvalue weighted by Crippen LogP contribution is -2.03. The molecular weight excluding hydrogens is 376 g/mol. The van der Waals surface area contributed by atoms with Crippen LogP contribution in [0.15, 0.2) is 0 Å². The maximum atomic E-state index is 8.56. The zero-order valence-corrected chi connectivity index (χ0v) is 17.9. The summed E-state index contributed by atoms with van der Waals surface area (Å²) in [4.78, 5) is 25.1. The smallest absolute Gasteiger partial charge is 0.450 e. The number of carboxylic acid groups (broad SMARTS) is 4. The average molecular weight is 417 g/mol. The monoisotopic (exact) mass is 416 g/mol. The highest BCUT2D eigenvalue weighted by atomic mass is 17.1. The quantitative estimate of drug-likeness (QED) is 0.196. The van der Waals surface area contributed by atoms with Gasteiger partial charge >= 0.3 is 12.3 Å². The van der Waals surface area contributed by atoms with Crippen LogP contribution in [-0.4, -0.2) is 56.5 Å².